The molecule has 0 radical (unpaired) electrons. The lowest BCUT2D eigenvalue weighted by Gasteiger charge is -2.65. The fourth-order valence-electron chi connectivity index (χ4n) is 7.22. The minimum Gasteiger partial charge on any atom is -0.493 e. The highest BCUT2D eigenvalue weighted by atomic mass is 16.5. The number of ether oxygens (including phenoxy) is 2. The number of hydrogen-bond acceptors (Lipinski definition) is 3. The maximum Gasteiger partial charge on any atom is 0.166 e. The maximum absolute atomic E-state index is 12.4. The number of benzene rings is 1. The van der Waals surface area contributed by atoms with Gasteiger partial charge in [0.15, 0.2) is 11.5 Å². The van der Waals surface area contributed by atoms with Crippen LogP contribution < -0.4 is 9.47 Å². The van der Waals surface area contributed by atoms with E-state index >= 15 is 0 Å². The van der Waals surface area contributed by atoms with E-state index in [1.165, 1.54) is 30.5 Å². The molecule has 6 rings (SSSR count). The summed E-state index contributed by atoms with van der Waals surface area (Å²) in [6, 6.07) is 4.52. The van der Waals surface area contributed by atoms with Crippen molar-refractivity contribution in [2.75, 3.05) is 27.2 Å². The van der Waals surface area contributed by atoms with E-state index in [0.717, 1.165) is 59.7 Å². The van der Waals surface area contributed by atoms with Gasteiger partial charge in [-0.15, -0.1) is 0 Å². The molecule has 2 heterocycles. The van der Waals surface area contributed by atoms with E-state index in [-0.39, 0.29) is 17.6 Å². The first-order chi connectivity index (χ1) is 12.9. The number of rotatable bonds is 3. The van der Waals surface area contributed by atoms with E-state index < -0.39 is 5.60 Å². The molecule has 1 saturated heterocycles. The van der Waals surface area contributed by atoms with Crippen molar-refractivity contribution in [2.45, 2.75) is 61.7 Å². The third-order valence-corrected chi connectivity index (χ3v) is 8.63. The highest BCUT2D eigenvalue weighted by molar-refractivity contribution is 5.63. The molecule has 3 fully saturated rings. The molecule has 2 bridgehead atoms. The van der Waals surface area contributed by atoms with Crippen molar-refractivity contribution in [3.8, 4) is 11.5 Å². The molecule has 1 N–H and O–H groups in total. The average Bonchev–Trinajstić information content (AvgIpc) is 3.37. The highest BCUT2D eigenvalue weighted by Gasteiger charge is 2.75. The lowest BCUT2D eigenvalue weighted by molar-refractivity contribution is -0.950. The van der Waals surface area contributed by atoms with Crippen molar-refractivity contribution in [1.82, 2.24) is 0 Å². The van der Waals surface area contributed by atoms with Gasteiger partial charge >= 0.3 is 0 Å². The van der Waals surface area contributed by atoms with Crippen LogP contribution in [0.2, 0.25) is 0 Å². The van der Waals surface area contributed by atoms with E-state index in [0.29, 0.717) is 0 Å². The van der Waals surface area contributed by atoms with Gasteiger partial charge in [-0.1, -0.05) is 12.6 Å². The first-order valence-corrected chi connectivity index (χ1v) is 10.5. The molecule has 5 atom stereocenters. The zero-order chi connectivity index (χ0) is 18.6. The molecule has 1 unspecified atom stereocenters. The van der Waals surface area contributed by atoms with Crippen molar-refractivity contribution in [3.05, 3.63) is 35.4 Å². The zero-order valence-electron chi connectivity index (χ0n) is 16.5. The summed E-state index contributed by atoms with van der Waals surface area (Å²) in [5.41, 5.74) is 2.68. The molecule has 2 saturated carbocycles. The lowest BCUT2D eigenvalue weighted by atomic mass is 9.48. The summed E-state index contributed by atoms with van der Waals surface area (Å²) >= 11 is 0. The molecule has 4 heteroatoms. The predicted molar refractivity (Wildman–Crippen MR) is 103 cm³/mol. The second-order valence-corrected chi connectivity index (χ2v) is 9.98. The Balaban J connectivity index is 1.59. The number of methoxy groups -OCH3 is 1. The Morgan fingerprint density at radius 3 is 2.89 bits per heavy atom. The van der Waals surface area contributed by atoms with Crippen LogP contribution in [0.15, 0.2) is 24.3 Å². The van der Waals surface area contributed by atoms with Gasteiger partial charge < -0.3 is 19.1 Å². The van der Waals surface area contributed by atoms with Gasteiger partial charge in [0.25, 0.3) is 0 Å². The van der Waals surface area contributed by atoms with Gasteiger partial charge in [0.1, 0.15) is 17.7 Å². The van der Waals surface area contributed by atoms with E-state index in [1.54, 1.807) is 7.11 Å². The van der Waals surface area contributed by atoms with Crippen molar-refractivity contribution in [3.63, 3.8) is 0 Å². The van der Waals surface area contributed by atoms with Gasteiger partial charge in [-0.05, 0) is 42.9 Å². The minimum atomic E-state index is -0.717. The standard InChI is InChI=1S/C23H30NO3/c1-14-8-9-23(25)18-12-16-6-7-17(26-3)20-19(16)22(23,21(14)27-20)10-11-24(18,2)13-15-4-5-15/h6-7,15,18,21,25H,1,4-5,8-13H2,2-3H3/q+1/t18-,21+,22+,23-,24?/m1/s1. The summed E-state index contributed by atoms with van der Waals surface area (Å²) in [6.45, 7) is 6.70. The van der Waals surface area contributed by atoms with E-state index in [1.807, 2.05) is 0 Å². The van der Waals surface area contributed by atoms with Crippen molar-refractivity contribution >= 4 is 0 Å². The minimum absolute atomic E-state index is 0.112. The Morgan fingerprint density at radius 2 is 2.15 bits per heavy atom. The first-order valence-electron chi connectivity index (χ1n) is 10.5. The molecule has 2 aliphatic heterocycles. The third kappa shape index (κ3) is 1.78. The van der Waals surface area contributed by atoms with E-state index in [2.05, 4.69) is 25.8 Å². The van der Waals surface area contributed by atoms with Crippen LogP contribution in [-0.2, 0) is 11.8 Å². The van der Waals surface area contributed by atoms with Crippen LogP contribution in [0.5, 0.6) is 11.5 Å². The smallest absolute Gasteiger partial charge is 0.166 e. The molecule has 4 nitrogen and oxygen atoms in total. The SMILES string of the molecule is C=C1CC[C@@]2(O)[C@H]3Cc4ccc(OC)c5c4[C@@]2(CC[N+]3(C)CC2CC2)[C@H]1O5. The van der Waals surface area contributed by atoms with E-state index in [9.17, 15) is 5.11 Å². The van der Waals surface area contributed by atoms with Crippen LogP contribution in [0, 0.1) is 5.92 Å². The summed E-state index contributed by atoms with van der Waals surface area (Å²) in [5, 5.41) is 12.4. The number of hydrogen-bond donors (Lipinski definition) is 1. The second-order valence-electron chi connectivity index (χ2n) is 9.98. The molecule has 1 spiro atoms. The first kappa shape index (κ1) is 16.4. The van der Waals surface area contributed by atoms with Crippen LogP contribution in [0.4, 0.5) is 0 Å². The van der Waals surface area contributed by atoms with Crippen LogP contribution in [-0.4, -0.2) is 54.6 Å². The topological polar surface area (TPSA) is 38.7 Å². The van der Waals surface area contributed by atoms with Gasteiger partial charge in [-0.25, -0.2) is 0 Å². The lowest BCUT2D eigenvalue weighted by Crippen LogP contribution is -2.80. The van der Waals surface area contributed by atoms with Crippen molar-refractivity contribution < 1.29 is 19.1 Å². The average molecular weight is 368 g/mol. The molecular weight excluding hydrogens is 338 g/mol. The zero-order valence-corrected chi connectivity index (χ0v) is 16.5. The fraction of sp³-hybridized carbons (Fsp3) is 0.652. The van der Waals surface area contributed by atoms with Crippen LogP contribution in [0.3, 0.4) is 0 Å². The van der Waals surface area contributed by atoms with Gasteiger partial charge in [0.05, 0.1) is 32.7 Å². The number of quaternary nitrogens is 1. The Labute approximate surface area is 161 Å². The van der Waals surface area contributed by atoms with Gasteiger partial charge in [-0.2, -0.15) is 0 Å². The van der Waals surface area contributed by atoms with Crippen LogP contribution in [0.1, 0.15) is 43.2 Å². The summed E-state index contributed by atoms with van der Waals surface area (Å²) in [6.07, 6.45) is 6.20. The van der Waals surface area contributed by atoms with Gasteiger partial charge in [0, 0.05) is 24.3 Å². The normalized spacial score (nSPS) is 43.9. The molecule has 3 aliphatic carbocycles. The largest absolute Gasteiger partial charge is 0.493 e. The number of piperidine rings is 1. The van der Waals surface area contributed by atoms with Crippen LogP contribution in [0.25, 0.3) is 0 Å². The molecule has 0 amide bonds. The molecule has 5 aliphatic rings. The Bertz CT molecular complexity index is 861. The molecule has 1 aromatic rings. The molecule has 27 heavy (non-hydrogen) atoms. The molecule has 0 aromatic heterocycles. The second kappa shape index (κ2) is 4.90. The van der Waals surface area contributed by atoms with Crippen molar-refractivity contribution in [1.29, 1.82) is 0 Å². The monoisotopic (exact) mass is 368 g/mol. The summed E-state index contributed by atoms with van der Waals surface area (Å²) in [5.74, 6) is 2.53. The number of likely N-dealkylation sites (N-methyl/N-ethyl adjacent to an activating group) is 1. The third-order valence-electron chi connectivity index (χ3n) is 8.63. The fourth-order valence-corrected chi connectivity index (χ4v) is 7.22. The molecule has 1 aromatic carbocycles. The van der Waals surface area contributed by atoms with Gasteiger partial charge in [-0.3, -0.25) is 0 Å². The Morgan fingerprint density at radius 1 is 1.33 bits per heavy atom. The number of aliphatic hydroxyl groups is 1. The summed E-state index contributed by atoms with van der Waals surface area (Å²) in [4.78, 5) is 0. The Kier molecular flexibility index (Phi) is 2.98. The molecule has 144 valence electrons. The molecular formula is C23H30NO3+. The maximum atomic E-state index is 12.4. The predicted octanol–water partition coefficient (Wildman–Crippen LogP) is 2.96. The number of likely N-dealkylation sites (tertiary alicyclic amines) is 1. The summed E-state index contributed by atoms with van der Waals surface area (Å²) < 4.78 is 13.2. The van der Waals surface area contributed by atoms with Crippen molar-refractivity contribution in [2.24, 2.45) is 5.92 Å². The number of nitrogens with zero attached hydrogens (tertiary/aromatic N) is 1. The quantitative estimate of drug-likeness (QED) is 0.659. The summed E-state index contributed by atoms with van der Waals surface area (Å²) in [7, 11) is 4.11. The Hall–Kier alpha value is -1.52. The van der Waals surface area contributed by atoms with Crippen LogP contribution >= 0.6 is 0 Å². The highest BCUT2D eigenvalue weighted by Crippen LogP contribution is 2.67. The van der Waals surface area contributed by atoms with Gasteiger partial charge in [0.2, 0.25) is 0 Å². The van der Waals surface area contributed by atoms with E-state index in [4.69, 9.17) is 9.47 Å².